The summed E-state index contributed by atoms with van der Waals surface area (Å²) in [5.74, 6) is 0.265. The van der Waals surface area contributed by atoms with Gasteiger partial charge in [0.25, 0.3) is 0 Å². The van der Waals surface area contributed by atoms with E-state index in [9.17, 15) is 0 Å². The smallest absolute Gasteiger partial charge is 0.0918 e. The molecule has 0 bridgehead atoms. The van der Waals surface area contributed by atoms with Crippen molar-refractivity contribution < 1.29 is 0 Å². The zero-order valence-corrected chi connectivity index (χ0v) is 12.0. The number of amidine groups is 1. The van der Waals surface area contributed by atoms with E-state index < -0.39 is 0 Å². The summed E-state index contributed by atoms with van der Waals surface area (Å²) in [4.78, 5) is 2.36. The molecule has 0 saturated heterocycles. The van der Waals surface area contributed by atoms with Crippen molar-refractivity contribution in [2.24, 2.45) is 5.73 Å². The van der Waals surface area contributed by atoms with Crippen LogP contribution in [0.5, 0.6) is 0 Å². The fraction of sp³-hybridized carbons (Fsp3) is 0.533. The summed E-state index contributed by atoms with van der Waals surface area (Å²) >= 11 is 0. The molecule has 0 aliphatic rings. The van der Waals surface area contributed by atoms with Gasteiger partial charge >= 0.3 is 0 Å². The van der Waals surface area contributed by atoms with Crippen LogP contribution >= 0.6 is 0 Å². The SMILES string of the molecule is Cc1cc(C)cc(CN(CCC(=N)N)C(C)C)c1. The van der Waals surface area contributed by atoms with E-state index in [4.69, 9.17) is 11.1 Å². The van der Waals surface area contributed by atoms with E-state index in [0.29, 0.717) is 12.5 Å². The minimum Gasteiger partial charge on any atom is -0.388 e. The van der Waals surface area contributed by atoms with Crippen LogP contribution < -0.4 is 5.73 Å². The van der Waals surface area contributed by atoms with E-state index in [1.54, 1.807) is 0 Å². The molecule has 3 nitrogen and oxygen atoms in total. The maximum Gasteiger partial charge on any atom is 0.0918 e. The number of aryl methyl sites for hydroxylation is 2. The molecule has 1 aromatic carbocycles. The Morgan fingerprint density at radius 3 is 2.22 bits per heavy atom. The molecule has 1 aromatic rings. The van der Waals surface area contributed by atoms with Crippen molar-refractivity contribution in [2.45, 2.75) is 46.7 Å². The van der Waals surface area contributed by atoms with Gasteiger partial charge in [-0.05, 0) is 33.3 Å². The Morgan fingerprint density at radius 2 is 1.78 bits per heavy atom. The Bertz CT molecular complexity index is 390. The number of hydrogen-bond donors (Lipinski definition) is 2. The van der Waals surface area contributed by atoms with Crippen molar-refractivity contribution in [3.8, 4) is 0 Å². The van der Waals surface area contributed by atoms with E-state index >= 15 is 0 Å². The first kappa shape index (κ1) is 14.7. The maximum atomic E-state index is 7.33. The van der Waals surface area contributed by atoms with Gasteiger partial charge in [-0.3, -0.25) is 10.3 Å². The zero-order valence-electron chi connectivity index (χ0n) is 12.0. The third-order valence-corrected chi connectivity index (χ3v) is 3.07. The van der Waals surface area contributed by atoms with Crippen LogP contribution in [0.4, 0.5) is 0 Å². The van der Waals surface area contributed by atoms with Gasteiger partial charge in [0.05, 0.1) is 5.84 Å². The van der Waals surface area contributed by atoms with Gasteiger partial charge < -0.3 is 5.73 Å². The molecule has 18 heavy (non-hydrogen) atoms. The molecule has 100 valence electrons. The standard InChI is InChI=1S/C15H25N3/c1-11(2)18(6-5-15(16)17)10-14-8-12(3)7-13(4)9-14/h7-9,11H,5-6,10H2,1-4H3,(H3,16,17). The molecule has 0 aliphatic heterocycles. The second kappa shape index (κ2) is 6.55. The quantitative estimate of drug-likeness (QED) is 0.600. The van der Waals surface area contributed by atoms with Crippen molar-refractivity contribution in [2.75, 3.05) is 6.54 Å². The van der Waals surface area contributed by atoms with Crippen molar-refractivity contribution in [1.29, 1.82) is 5.41 Å². The first-order valence-corrected chi connectivity index (χ1v) is 6.52. The monoisotopic (exact) mass is 247 g/mol. The summed E-state index contributed by atoms with van der Waals surface area (Å²) in [7, 11) is 0. The molecule has 0 radical (unpaired) electrons. The predicted octanol–water partition coefficient (Wildman–Crippen LogP) is 2.84. The lowest BCUT2D eigenvalue weighted by Crippen LogP contribution is -2.33. The van der Waals surface area contributed by atoms with Gasteiger partial charge in [0.1, 0.15) is 0 Å². The van der Waals surface area contributed by atoms with Crippen LogP contribution in [0.1, 0.15) is 37.0 Å². The molecule has 0 atom stereocenters. The molecule has 0 fully saturated rings. The summed E-state index contributed by atoms with van der Waals surface area (Å²) < 4.78 is 0. The minimum atomic E-state index is 0.265. The van der Waals surface area contributed by atoms with Crippen LogP contribution in [-0.2, 0) is 6.54 Å². The molecule has 1 rings (SSSR count). The van der Waals surface area contributed by atoms with E-state index in [2.05, 4.69) is 50.8 Å². The predicted molar refractivity (Wildman–Crippen MR) is 78.0 cm³/mol. The third-order valence-electron chi connectivity index (χ3n) is 3.07. The van der Waals surface area contributed by atoms with Crippen molar-refractivity contribution in [1.82, 2.24) is 4.90 Å². The average Bonchev–Trinajstić information content (AvgIpc) is 2.22. The number of nitrogens with zero attached hydrogens (tertiary/aromatic N) is 1. The highest BCUT2D eigenvalue weighted by Gasteiger charge is 2.10. The first-order valence-electron chi connectivity index (χ1n) is 6.52. The van der Waals surface area contributed by atoms with Gasteiger partial charge in [0.2, 0.25) is 0 Å². The molecule has 0 aliphatic carbocycles. The Labute approximate surface area is 111 Å². The maximum absolute atomic E-state index is 7.33. The highest BCUT2D eigenvalue weighted by atomic mass is 15.1. The van der Waals surface area contributed by atoms with Crippen molar-refractivity contribution in [3.05, 3.63) is 34.9 Å². The van der Waals surface area contributed by atoms with E-state index in [-0.39, 0.29) is 5.84 Å². The van der Waals surface area contributed by atoms with Crippen LogP contribution in [-0.4, -0.2) is 23.3 Å². The van der Waals surface area contributed by atoms with E-state index in [0.717, 1.165) is 13.1 Å². The molecular weight excluding hydrogens is 222 g/mol. The molecule has 3 N–H and O–H groups in total. The van der Waals surface area contributed by atoms with Gasteiger partial charge in [0.15, 0.2) is 0 Å². The van der Waals surface area contributed by atoms with E-state index in [1.807, 2.05) is 0 Å². The van der Waals surface area contributed by atoms with Crippen LogP contribution in [0.15, 0.2) is 18.2 Å². The average molecular weight is 247 g/mol. The fourth-order valence-electron chi connectivity index (χ4n) is 2.18. The molecular formula is C15H25N3. The molecule has 0 saturated carbocycles. The Balaban J connectivity index is 2.73. The summed E-state index contributed by atoms with van der Waals surface area (Å²) in [5, 5.41) is 7.33. The van der Waals surface area contributed by atoms with Gasteiger partial charge in [-0.25, -0.2) is 0 Å². The second-order valence-corrected chi connectivity index (χ2v) is 5.34. The number of rotatable bonds is 6. The number of nitrogens with one attached hydrogen (secondary N) is 1. The first-order chi connectivity index (χ1) is 8.38. The highest BCUT2D eigenvalue weighted by molar-refractivity contribution is 5.76. The molecule has 0 unspecified atom stereocenters. The van der Waals surface area contributed by atoms with Crippen LogP contribution in [0.3, 0.4) is 0 Å². The minimum absolute atomic E-state index is 0.265. The lowest BCUT2D eigenvalue weighted by atomic mass is 10.1. The summed E-state index contributed by atoms with van der Waals surface area (Å²) in [6.45, 7) is 10.4. The highest BCUT2D eigenvalue weighted by Crippen LogP contribution is 2.13. The second-order valence-electron chi connectivity index (χ2n) is 5.34. The fourth-order valence-corrected chi connectivity index (χ4v) is 2.18. The Morgan fingerprint density at radius 1 is 1.22 bits per heavy atom. The van der Waals surface area contributed by atoms with Gasteiger partial charge in [-0.1, -0.05) is 29.3 Å². The van der Waals surface area contributed by atoms with Gasteiger partial charge in [-0.2, -0.15) is 0 Å². The molecule has 0 amide bonds. The normalized spacial score (nSPS) is 11.2. The molecule has 3 heteroatoms. The number of nitrogens with two attached hydrogens (primary N) is 1. The Hall–Kier alpha value is -1.35. The third kappa shape index (κ3) is 4.88. The van der Waals surface area contributed by atoms with Crippen molar-refractivity contribution in [3.63, 3.8) is 0 Å². The van der Waals surface area contributed by atoms with Gasteiger partial charge in [0, 0.05) is 25.6 Å². The summed E-state index contributed by atoms with van der Waals surface area (Å²) in [6, 6.07) is 7.12. The summed E-state index contributed by atoms with van der Waals surface area (Å²) in [6.07, 6.45) is 0.642. The summed E-state index contributed by atoms with van der Waals surface area (Å²) in [5.41, 5.74) is 9.39. The van der Waals surface area contributed by atoms with Crippen LogP contribution in [0.2, 0.25) is 0 Å². The topological polar surface area (TPSA) is 53.1 Å². The Kier molecular flexibility index (Phi) is 5.35. The van der Waals surface area contributed by atoms with Crippen LogP contribution in [0, 0.1) is 19.3 Å². The van der Waals surface area contributed by atoms with E-state index in [1.165, 1.54) is 16.7 Å². The molecule has 0 aromatic heterocycles. The lowest BCUT2D eigenvalue weighted by molar-refractivity contribution is 0.219. The van der Waals surface area contributed by atoms with Crippen LogP contribution in [0.25, 0.3) is 0 Å². The number of benzene rings is 1. The van der Waals surface area contributed by atoms with Crippen molar-refractivity contribution >= 4 is 5.84 Å². The largest absolute Gasteiger partial charge is 0.388 e. The zero-order chi connectivity index (χ0) is 13.7. The molecule has 0 spiro atoms. The molecule has 0 heterocycles. The number of hydrogen-bond acceptors (Lipinski definition) is 2. The lowest BCUT2D eigenvalue weighted by Gasteiger charge is -2.26. The van der Waals surface area contributed by atoms with Gasteiger partial charge in [-0.15, -0.1) is 0 Å².